The molecule has 0 aliphatic heterocycles. The highest BCUT2D eigenvalue weighted by Gasteiger charge is 2.42. The molecule has 0 aliphatic rings. The third-order valence-electron chi connectivity index (χ3n) is 4.84. The van der Waals surface area contributed by atoms with Crippen molar-refractivity contribution in [3.05, 3.63) is 0 Å². The van der Waals surface area contributed by atoms with Crippen molar-refractivity contribution in [3.8, 4) is 0 Å². The molecule has 0 heterocycles. The lowest BCUT2D eigenvalue weighted by atomic mass is 9.88. The quantitative estimate of drug-likeness (QED) is 0.251. The van der Waals surface area contributed by atoms with Gasteiger partial charge in [-0.2, -0.15) is 0 Å². The van der Waals surface area contributed by atoms with Gasteiger partial charge in [0, 0.05) is 6.42 Å². The molecule has 26 heavy (non-hydrogen) atoms. The lowest BCUT2D eigenvalue weighted by Gasteiger charge is -2.21. The third-order valence-corrected chi connectivity index (χ3v) is 4.84. The number of carboxylic acids is 1. The molecule has 0 rings (SSSR count). The molecule has 0 bridgehead atoms. The molecule has 0 aliphatic carbocycles. The minimum absolute atomic E-state index is 0.0772. The summed E-state index contributed by atoms with van der Waals surface area (Å²) in [6.45, 7) is 2.23. The minimum Gasteiger partial charge on any atom is -0.480 e. The highest BCUT2D eigenvalue weighted by molar-refractivity contribution is 6.10. The molecule has 5 N–H and O–H groups in total. The second-order valence-corrected chi connectivity index (χ2v) is 7.34. The second kappa shape index (κ2) is 14.7. The van der Waals surface area contributed by atoms with E-state index in [0.29, 0.717) is 6.42 Å². The molecule has 6 nitrogen and oxygen atoms in total. The van der Waals surface area contributed by atoms with Gasteiger partial charge in [0.05, 0.1) is 6.42 Å². The molecule has 0 saturated carbocycles. The summed E-state index contributed by atoms with van der Waals surface area (Å²) in [6.07, 6.45) is 14.9. The minimum atomic E-state index is -2.18. The average molecular weight is 371 g/mol. The van der Waals surface area contributed by atoms with Crippen LogP contribution in [0.15, 0.2) is 0 Å². The zero-order chi connectivity index (χ0) is 19.8. The Balaban J connectivity index is 3.66. The zero-order valence-electron chi connectivity index (χ0n) is 16.4. The maximum absolute atomic E-state index is 12.0. The molecule has 1 atom stereocenters. The summed E-state index contributed by atoms with van der Waals surface area (Å²) in [4.78, 5) is 34.1. The van der Waals surface area contributed by atoms with Crippen molar-refractivity contribution in [2.75, 3.05) is 0 Å². The number of unbranched alkanes of at least 4 members (excludes halogenated alkanes) is 12. The Hall–Kier alpha value is -1.43. The normalized spacial score (nSPS) is 13.3. The Morgan fingerprint density at radius 1 is 0.769 bits per heavy atom. The Morgan fingerprint density at radius 2 is 1.15 bits per heavy atom. The van der Waals surface area contributed by atoms with Crippen molar-refractivity contribution in [1.82, 2.24) is 0 Å². The number of Topliss-reactive ketones (excluding diaryl/α,β-unsaturated/α-hetero) is 1. The lowest BCUT2D eigenvalue weighted by Crippen LogP contribution is -2.57. The molecule has 152 valence electrons. The van der Waals surface area contributed by atoms with Crippen LogP contribution in [0.5, 0.6) is 0 Å². The van der Waals surface area contributed by atoms with Crippen molar-refractivity contribution in [2.24, 2.45) is 11.5 Å². The predicted molar refractivity (Wildman–Crippen MR) is 104 cm³/mol. The van der Waals surface area contributed by atoms with Crippen LogP contribution in [0.1, 0.15) is 103 Å². The fourth-order valence-electron chi connectivity index (χ4n) is 3.09. The lowest BCUT2D eigenvalue weighted by molar-refractivity contribution is -0.150. The van der Waals surface area contributed by atoms with Crippen molar-refractivity contribution < 1.29 is 19.5 Å². The average Bonchev–Trinajstić information content (AvgIpc) is 2.57. The number of nitrogens with two attached hydrogens (primary N) is 2. The van der Waals surface area contributed by atoms with E-state index in [1.54, 1.807) is 0 Å². The van der Waals surface area contributed by atoms with Crippen molar-refractivity contribution in [3.63, 3.8) is 0 Å². The number of rotatable bonds is 18. The molecule has 1 amide bonds. The van der Waals surface area contributed by atoms with Crippen molar-refractivity contribution >= 4 is 17.7 Å². The number of primary amides is 1. The molecular formula is C20H38N2O4. The van der Waals surface area contributed by atoms with Gasteiger partial charge in [0.15, 0.2) is 11.3 Å². The number of carbonyl (C=O) groups excluding carboxylic acids is 2. The van der Waals surface area contributed by atoms with Gasteiger partial charge in [0.2, 0.25) is 5.91 Å². The topological polar surface area (TPSA) is 123 Å². The Labute approximate surface area is 158 Å². The van der Waals surface area contributed by atoms with Gasteiger partial charge < -0.3 is 16.6 Å². The van der Waals surface area contributed by atoms with Crippen molar-refractivity contribution in [2.45, 2.75) is 109 Å². The van der Waals surface area contributed by atoms with Crippen LogP contribution in [0.3, 0.4) is 0 Å². The van der Waals surface area contributed by atoms with E-state index in [-0.39, 0.29) is 6.42 Å². The summed E-state index contributed by atoms with van der Waals surface area (Å²) in [6, 6.07) is 0. The number of aliphatic carboxylic acids is 1. The number of ketones is 1. The van der Waals surface area contributed by atoms with Gasteiger partial charge in [0.25, 0.3) is 0 Å². The fraction of sp³-hybridized carbons (Fsp3) is 0.850. The van der Waals surface area contributed by atoms with Crippen LogP contribution in [0.25, 0.3) is 0 Å². The van der Waals surface area contributed by atoms with Crippen LogP contribution < -0.4 is 11.5 Å². The van der Waals surface area contributed by atoms with E-state index in [1.807, 2.05) is 0 Å². The number of carbonyl (C=O) groups is 3. The predicted octanol–water partition coefficient (Wildman–Crippen LogP) is 3.69. The summed E-state index contributed by atoms with van der Waals surface area (Å²) < 4.78 is 0. The molecule has 0 radical (unpaired) electrons. The van der Waals surface area contributed by atoms with Crippen LogP contribution in [0.4, 0.5) is 0 Å². The van der Waals surface area contributed by atoms with Gasteiger partial charge in [-0.3, -0.25) is 9.59 Å². The van der Waals surface area contributed by atoms with E-state index in [1.165, 1.54) is 57.8 Å². The highest BCUT2D eigenvalue weighted by Crippen LogP contribution is 2.16. The molecule has 0 saturated heterocycles. The highest BCUT2D eigenvalue weighted by atomic mass is 16.4. The van der Waals surface area contributed by atoms with E-state index >= 15 is 0 Å². The second-order valence-electron chi connectivity index (χ2n) is 7.34. The van der Waals surface area contributed by atoms with E-state index in [2.05, 4.69) is 6.92 Å². The summed E-state index contributed by atoms with van der Waals surface area (Å²) in [5, 5.41) is 9.10. The van der Waals surface area contributed by atoms with Crippen molar-refractivity contribution in [1.29, 1.82) is 0 Å². The first-order chi connectivity index (χ1) is 12.3. The first kappa shape index (κ1) is 24.6. The van der Waals surface area contributed by atoms with Crippen LogP contribution in [-0.4, -0.2) is 28.3 Å². The van der Waals surface area contributed by atoms with E-state index in [0.717, 1.165) is 19.3 Å². The summed E-state index contributed by atoms with van der Waals surface area (Å²) in [5.41, 5.74) is 8.40. The maximum atomic E-state index is 12.0. The molecule has 0 spiro atoms. The molecule has 6 heteroatoms. The van der Waals surface area contributed by atoms with Gasteiger partial charge in [-0.05, 0) is 6.42 Å². The van der Waals surface area contributed by atoms with Gasteiger partial charge in [-0.25, -0.2) is 4.79 Å². The summed E-state index contributed by atoms with van der Waals surface area (Å²) >= 11 is 0. The molecule has 0 fully saturated rings. The maximum Gasteiger partial charge on any atom is 0.332 e. The number of carboxylic acid groups (broad SMARTS) is 1. The first-order valence-electron chi connectivity index (χ1n) is 10.2. The molecular weight excluding hydrogens is 332 g/mol. The SMILES string of the molecule is CCCCCCCCCCCCCCCC(=O)C(N)(CC(N)=O)C(=O)O. The Morgan fingerprint density at radius 3 is 1.50 bits per heavy atom. The zero-order valence-corrected chi connectivity index (χ0v) is 16.4. The van der Waals surface area contributed by atoms with E-state index < -0.39 is 29.6 Å². The van der Waals surface area contributed by atoms with Crippen LogP contribution in [0, 0.1) is 0 Å². The van der Waals surface area contributed by atoms with Crippen LogP contribution in [0.2, 0.25) is 0 Å². The van der Waals surface area contributed by atoms with Crippen LogP contribution >= 0.6 is 0 Å². The van der Waals surface area contributed by atoms with Gasteiger partial charge in [0.1, 0.15) is 0 Å². The van der Waals surface area contributed by atoms with E-state index in [4.69, 9.17) is 16.6 Å². The Bertz CT molecular complexity index is 426. The van der Waals surface area contributed by atoms with E-state index in [9.17, 15) is 14.4 Å². The van der Waals surface area contributed by atoms with Gasteiger partial charge in [-0.15, -0.1) is 0 Å². The third kappa shape index (κ3) is 11.2. The fourth-order valence-corrected chi connectivity index (χ4v) is 3.09. The number of hydrogen-bond donors (Lipinski definition) is 3. The Kier molecular flexibility index (Phi) is 13.9. The number of hydrogen-bond acceptors (Lipinski definition) is 4. The largest absolute Gasteiger partial charge is 0.480 e. The first-order valence-corrected chi connectivity index (χ1v) is 10.2. The van der Waals surface area contributed by atoms with Crippen LogP contribution in [-0.2, 0) is 14.4 Å². The number of amides is 1. The molecule has 0 aromatic carbocycles. The van der Waals surface area contributed by atoms with Gasteiger partial charge in [-0.1, -0.05) is 84.0 Å². The monoisotopic (exact) mass is 370 g/mol. The molecule has 0 aromatic rings. The standard InChI is InChI=1S/C20H38N2O4/c1-2-3-4-5-6-7-8-9-10-11-12-13-14-15-17(23)20(22,19(25)26)16-18(21)24/h2-16,22H2,1H3,(H2,21,24)(H,25,26). The molecule has 1 unspecified atom stereocenters. The molecule has 0 aromatic heterocycles. The summed E-state index contributed by atoms with van der Waals surface area (Å²) in [7, 11) is 0. The summed E-state index contributed by atoms with van der Waals surface area (Å²) in [5.74, 6) is -2.99. The smallest absolute Gasteiger partial charge is 0.332 e. The van der Waals surface area contributed by atoms with Gasteiger partial charge >= 0.3 is 5.97 Å².